The van der Waals surface area contributed by atoms with Gasteiger partial charge in [0.15, 0.2) is 6.10 Å². The summed E-state index contributed by atoms with van der Waals surface area (Å²) in [5.41, 5.74) is 2.49. The molecule has 2 aliphatic rings. The summed E-state index contributed by atoms with van der Waals surface area (Å²) in [5.74, 6) is 1.06. The first-order valence-electron chi connectivity index (χ1n) is 10.6. The smallest absolute Gasteiger partial charge is 0.261 e. The molecule has 0 saturated carbocycles. The summed E-state index contributed by atoms with van der Waals surface area (Å²) in [7, 11) is 3.47. The molecule has 0 spiro atoms. The van der Waals surface area contributed by atoms with Crippen molar-refractivity contribution in [2.24, 2.45) is 13.0 Å². The number of rotatable bonds is 4. The average Bonchev–Trinajstić information content (AvgIpc) is 3.21. The van der Waals surface area contributed by atoms with Gasteiger partial charge in [-0.2, -0.15) is 0 Å². The minimum atomic E-state index is -0.604. The van der Waals surface area contributed by atoms with Gasteiger partial charge in [0.25, 0.3) is 11.5 Å². The van der Waals surface area contributed by atoms with Gasteiger partial charge in [0.05, 0.1) is 5.56 Å². The predicted octanol–water partition coefficient (Wildman–Crippen LogP) is 2.58. The van der Waals surface area contributed by atoms with Crippen LogP contribution >= 0.6 is 0 Å². The van der Waals surface area contributed by atoms with Crippen molar-refractivity contribution in [3.63, 3.8) is 0 Å². The van der Waals surface area contributed by atoms with Crippen molar-refractivity contribution in [2.45, 2.75) is 25.0 Å². The largest absolute Gasteiger partial charge is 0.367 e. The molecule has 1 saturated heterocycles. The van der Waals surface area contributed by atoms with Crippen LogP contribution in [0.4, 0.5) is 0 Å². The van der Waals surface area contributed by atoms with Crippen molar-refractivity contribution in [3.8, 4) is 11.4 Å². The maximum absolute atomic E-state index is 13.3. The van der Waals surface area contributed by atoms with Gasteiger partial charge in [-0.05, 0) is 30.0 Å². The van der Waals surface area contributed by atoms with E-state index in [9.17, 15) is 9.59 Å². The summed E-state index contributed by atoms with van der Waals surface area (Å²) >= 11 is 0. The van der Waals surface area contributed by atoms with Crippen LogP contribution in [0.25, 0.3) is 11.4 Å². The number of ether oxygens (including phenoxy) is 1. The molecule has 1 fully saturated rings. The number of amides is 1. The molecule has 3 atom stereocenters. The summed E-state index contributed by atoms with van der Waals surface area (Å²) in [4.78, 5) is 32.8. The van der Waals surface area contributed by atoms with Gasteiger partial charge in [-0.3, -0.25) is 9.59 Å². The van der Waals surface area contributed by atoms with Gasteiger partial charge in [0.1, 0.15) is 5.82 Å². The number of nitrogens with zero attached hydrogens (tertiary/aromatic N) is 4. The minimum Gasteiger partial charge on any atom is -0.367 e. The quantitative estimate of drug-likeness (QED) is 0.653. The summed E-state index contributed by atoms with van der Waals surface area (Å²) in [6.07, 6.45) is 3.94. The molecule has 2 aliphatic heterocycles. The maximum atomic E-state index is 13.3. The van der Waals surface area contributed by atoms with Gasteiger partial charge in [-0.25, -0.2) is 4.98 Å². The monoisotopic (exact) mass is 418 g/mol. The number of piperidine rings is 1. The Hall–Kier alpha value is -3.19. The lowest BCUT2D eigenvalue weighted by atomic mass is 9.82. The highest BCUT2D eigenvalue weighted by Gasteiger charge is 2.38. The van der Waals surface area contributed by atoms with Crippen LogP contribution < -0.4 is 5.56 Å². The Kier molecular flexibility index (Phi) is 4.98. The van der Waals surface area contributed by atoms with E-state index in [1.807, 2.05) is 69.7 Å². The van der Waals surface area contributed by atoms with E-state index in [2.05, 4.69) is 4.98 Å². The van der Waals surface area contributed by atoms with Crippen LogP contribution in [-0.2, 0) is 23.1 Å². The third kappa shape index (κ3) is 3.39. The number of aryl methyl sites for hydroxylation is 1. The Balaban J connectivity index is 1.43. The summed E-state index contributed by atoms with van der Waals surface area (Å²) < 4.78 is 9.34. The van der Waals surface area contributed by atoms with Crippen LogP contribution in [0, 0.1) is 5.92 Å². The topological polar surface area (TPSA) is 69.4 Å². The third-order valence-electron chi connectivity index (χ3n) is 6.54. The maximum Gasteiger partial charge on any atom is 0.261 e. The third-order valence-corrected chi connectivity index (χ3v) is 6.54. The summed E-state index contributed by atoms with van der Waals surface area (Å²) in [6, 6.07) is 13.5. The second-order valence-electron chi connectivity index (χ2n) is 8.52. The molecule has 1 aromatic carbocycles. The molecule has 0 unspecified atom stereocenters. The molecule has 0 radical (unpaired) electrons. The molecule has 2 bridgehead atoms. The van der Waals surface area contributed by atoms with Crippen LogP contribution in [0.1, 0.15) is 29.7 Å². The zero-order valence-electron chi connectivity index (χ0n) is 17.8. The van der Waals surface area contributed by atoms with Gasteiger partial charge < -0.3 is 18.8 Å². The Morgan fingerprint density at radius 3 is 2.65 bits per heavy atom. The minimum absolute atomic E-state index is 0.000306. The second kappa shape index (κ2) is 7.81. The predicted molar refractivity (Wildman–Crippen MR) is 117 cm³/mol. The molecule has 1 amide bonds. The van der Waals surface area contributed by atoms with Crippen LogP contribution in [-0.4, -0.2) is 45.1 Å². The van der Waals surface area contributed by atoms with E-state index in [4.69, 9.17) is 4.74 Å². The molecule has 0 N–H and O–H groups in total. The first-order valence-corrected chi connectivity index (χ1v) is 10.6. The van der Waals surface area contributed by atoms with E-state index < -0.39 is 6.10 Å². The highest BCUT2D eigenvalue weighted by Crippen LogP contribution is 2.37. The Bertz CT molecular complexity index is 1170. The van der Waals surface area contributed by atoms with Crippen molar-refractivity contribution >= 4 is 5.91 Å². The number of imidazole rings is 1. The standard InChI is InChI=1S/C24H26N4O3/c1-26-11-10-25-22(26)19-8-9-20-18-12-16(14-28(20)23(19)29)13-27(15-18)24(30)21(31-2)17-6-4-3-5-7-17/h3-11,16,18,21H,12-15H2,1-2H3/t16-,18+,21-/m0/s1. The fraction of sp³-hybridized carbons (Fsp3) is 0.375. The Morgan fingerprint density at radius 2 is 1.94 bits per heavy atom. The first kappa shape index (κ1) is 19.8. The number of likely N-dealkylation sites (tertiary alicyclic amines) is 1. The molecule has 2 aromatic heterocycles. The molecular weight excluding hydrogens is 392 g/mol. The fourth-order valence-electron chi connectivity index (χ4n) is 5.09. The lowest BCUT2D eigenvalue weighted by molar-refractivity contribution is -0.145. The number of methoxy groups -OCH3 is 1. The van der Waals surface area contributed by atoms with E-state index in [1.54, 1.807) is 13.3 Å². The number of fused-ring (bicyclic) bond motifs is 4. The summed E-state index contributed by atoms with van der Waals surface area (Å²) in [5, 5.41) is 0. The lowest BCUT2D eigenvalue weighted by Crippen LogP contribution is -2.50. The number of carbonyl (C=O) groups is 1. The SMILES string of the molecule is CO[C@H](C(=O)N1C[C@@H]2C[C@H](C1)c1ccc(-c3nccn3C)c(=O)n1C2)c1ccccc1. The van der Waals surface area contributed by atoms with Crippen LogP contribution in [0.3, 0.4) is 0 Å². The zero-order valence-corrected chi connectivity index (χ0v) is 17.8. The molecule has 31 heavy (non-hydrogen) atoms. The van der Waals surface area contributed by atoms with Gasteiger partial charge in [-0.15, -0.1) is 0 Å². The molecule has 7 heteroatoms. The number of benzene rings is 1. The van der Waals surface area contributed by atoms with Crippen molar-refractivity contribution in [2.75, 3.05) is 20.2 Å². The van der Waals surface area contributed by atoms with E-state index in [0.717, 1.165) is 17.7 Å². The van der Waals surface area contributed by atoms with E-state index >= 15 is 0 Å². The second-order valence-corrected chi connectivity index (χ2v) is 8.52. The molecular formula is C24H26N4O3. The summed E-state index contributed by atoms with van der Waals surface area (Å²) in [6.45, 7) is 1.86. The van der Waals surface area contributed by atoms with E-state index in [0.29, 0.717) is 31.0 Å². The molecule has 5 rings (SSSR count). The van der Waals surface area contributed by atoms with Gasteiger partial charge >= 0.3 is 0 Å². The Morgan fingerprint density at radius 1 is 1.13 bits per heavy atom. The van der Waals surface area contributed by atoms with E-state index in [-0.39, 0.29) is 23.3 Å². The number of hydrogen-bond acceptors (Lipinski definition) is 4. The van der Waals surface area contributed by atoms with Crippen molar-refractivity contribution < 1.29 is 9.53 Å². The number of aromatic nitrogens is 3. The molecule has 4 heterocycles. The van der Waals surface area contributed by atoms with Gasteiger partial charge in [-0.1, -0.05) is 30.3 Å². The first-order chi connectivity index (χ1) is 15.1. The highest BCUT2D eigenvalue weighted by atomic mass is 16.5. The fourth-order valence-corrected chi connectivity index (χ4v) is 5.09. The van der Waals surface area contributed by atoms with Crippen molar-refractivity contribution in [1.82, 2.24) is 19.0 Å². The van der Waals surface area contributed by atoms with Crippen molar-refractivity contribution in [3.05, 3.63) is 76.5 Å². The zero-order chi connectivity index (χ0) is 21.5. The average molecular weight is 418 g/mol. The lowest BCUT2D eigenvalue weighted by Gasteiger charge is -2.43. The van der Waals surface area contributed by atoms with Crippen molar-refractivity contribution in [1.29, 1.82) is 0 Å². The van der Waals surface area contributed by atoms with Crippen LogP contribution in [0.5, 0.6) is 0 Å². The number of carbonyl (C=O) groups excluding carboxylic acids is 1. The van der Waals surface area contributed by atoms with Gasteiger partial charge in [0.2, 0.25) is 0 Å². The number of hydrogen-bond donors (Lipinski definition) is 0. The number of pyridine rings is 1. The van der Waals surface area contributed by atoms with Gasteiger partial charge in [0, 0.05) is 57.8 Å². The molecule has 3 aromatic rings. The molecule has 7 nitrogen and oxygen atoms in total. The molecule has 160 valence electrons. The van der Waals surface area contributed by atoms with Crippen LogP contribution in [0.2, 0.25) is 0 Å². The Labute approximate surface area is 180 Å². The molecule has 0 aliphatic carbocycles. The van der Waals surface area contributed by atoms with Crippen LogP contribution in [0.15, 0.2) is 59.7 Å². The van der Waals surface area contributed by atoms with E-state index in [1.165, 1.54) is 0 Å². The normalized spacial score (nSPS) is 20.9. The highest BCUT2D eigenvalue weighted by molar-refractivity contribution is 5.82.